The van der Waals surface area contributed by atoms with E-state index in [4.69, 9.17) is 5.11 Å². The molecule has 9 heteroatoms. The molecule has 0 aliphatic rings. The van der Waals surface area contributed by atoms with Gasteiger partial charge in [-0.3, -0.25) is 14.9 Å². The summed E-state index contributed by atoms with van der Waals surface area (Å²) in [6.07, 6.45) is 1.51. The topological polar surface area (TPSA) is 123 Å². The number of carbonyl (C=O) groups is 1. The highest BCUT2D eigenvalue weighted by Crippen LogP contribution is 2.25. The van der Waals surface area contributed by atoms with Crippen LogP contribution in [0, 0.1) is 17.0 Å². The van der Waals surface area contributed by atoms with Crippen LogP contribution < -0.4 is 5.32 Å². The number of hydrogen-bond acceptors (Lipinski definition) is 6. The molecule has 2 aromatic rings. The van der Waals surface area contributed by atoms with Gasteiger partial charge in [-0.05, 0) is 13.0 Å². The van der Waals surface area contributed by atoms with Crippen LogP contribution in [-0.4, -0.2) is 31.0 Å². The van der Waals surface area contributed by atoms with Crippen LogP contribution in [0.25, 0.3) is 0 Å². The monoisotopic (exact) mass is 291 g/mol. The number of aromatic nitrogens is 3. The lowest BCUT2D eigenvalue weighted by Crippen LogP contribution is -2.09. The molecule has 21 heavy (non-hydrogen) atoms. The van der Waals surface area contributed by atoms with Crippen molar-refractivity contribution in [1.82, 2.24) is 15.0 Å². The maximum atomic E-state index is 10.9. The molecule has 1 aromatic heterocycles. The van der Waals surface area contributed by atoms with Crippen molar-refractivity contribution in [2.45, 2.75) is 20.0 Å². The summed E-state index contributed by atoms with van der Waals surface area (Å²) >= 11 is 0. The number of nitrogens with zero attached hydrogens (tertiary/aromatic N) is 4. The Morgan fingerprint density at radius 2 is 2.29 bits per heavy atom. The van der Waals surface area contributed by atoms with Gasteiger partial charge in [-0.1, -0.05) is 11.3 Å². The number of anilines is 1. The summed E-state index contributed by atoms with van der Waals surface area (Å²) in [6.45, 7) is 1.69. The normalized spacial score (nSPS) is 10.3. The summed E-state index contributed by atoms with van der Waals surface area (Å²) < 4.78 is 1.21. The number of hydrogen-bond donors (Lipinski definition) is 2. The molecule has 9 nitrogen and oxygen atoms in total. The molecule has 0 aliphatic carbocycles. The Hall–Kier alpha value is -2.97. The van der Waals surface area contributed by atoms with Crippen LogP contribution in [0.2, 0.25) is 0 Å². The molecule has 0 fully saturated rings. The van der Waals surface area contributed by atoms with Gasteiger partial charge in [-0.15, -0.1) is 5.10 Å². The number of benzene rings is 1. The highest BCUT2D eigenvalue weighted by Gasteiger charge is 2.13. The van der Waals surface area contributed by atoms with Crippen LogP contribution in [-0.2, 0) is 17.9 Å². The summed E-state index contributed by atoms with van der Waals surface area (Å²) in [5, 5.41) is 30.0. The Balaban J connectivity index is 2.06. The first-order valence-corrected chi connectivity index (χ1v) is 6.06. The minimum atomic E-state index is -1.01. The van der Waals surface area contributed by atoms with Crippen molar-refractivity contribution in [3.8, 4) is 0 Å². The van der Waals surface area contributed by atoms with Crippen LogP contribution in [0.1, 0.15) is 11.3 Å². The highest BCUT2D eigenvalue weighted by atomic mass is 16.6. The van der Waals surface area contributed by atoms with Gasteiger partial charge in [-0.25, -0.2) is 4.68 Å². The zero-order valence-electron chi connectivity index (χ0n) is 11.2. The van der Waals surface area contributed by atoms with Crippen LogP contribution in [0.3, 0.4) is 0 Å². The Morgan fingerprint density at radius 1 is 1.52 bits per heavy atom. The van der Waals surface area contributed by atoms with Gasteiger partial charge >= 0.3 is 5.97 Å². The minimum Gasteiger partial charge on any atom is -0.480 e. The van der Waals surface area contributed by atoms with Gasteiger partial charge in [0.05, 0.1) is 17.7 Å². The van der Waals surface area contributed by atoms with Crippen LogP contribution in [0.5, 0.6) is 0 Å². The molecule has 0 aliphatic heterocycles. The summed E-state index contributed by atoms with van der Waals surface area (Å²) in [5.41, 5.74) is 1.73. The quantitative estimate of drug-likeness (QED) is 0.605. The number of carboxylic acid groups (broad SMARTS) is 1. The van der Waals surface area contributed by atoms with Gasteiger partial charge in [0.1, 0.15) is 12.2 Å². The fourth-order valence-corrected chi connectivity index (χ4v) is 1.83. The van der Waals surface area contributed by atoms with Gasteiger partial charge in [0.2, 0.25) is 0 Å². The lowest BCUT2D eigenvalue weighted by Gasteiger charge is -2.07. The zero-order valence-corrected chi connectivity index (χ0v) is 11.2. The van der Waals surface area contributed by atoms with Crippen molar-refractivity contribution >= 4 is 17.3 Å². The Bertz CT molecular complexity index is 682. The van der Waals surface area contributed by atoms with E-state index in [2.05, 4.69) is 15.6 Å². The van der Waals surface area contributed by atoms with E-state index in [1.54, 1.807) is 19.1 Å². The number of aliphatic carboxylic acids is 1. The van der Waals surface area contributed by atoms with E-state index in [1.165, 1.54) is 16.9 Å². The third-order valence-electron chi connectivity index (χ3n) is 2.85. The highest BCUT2D eigenvalue weighted by molar-refractivity contribution is 5.66. The SMILES string of the molecule is Cc1c(NCc2cn(CC(=O)O)nn2)cccc1[N+](=O)[O-]. The number of nitrogens with one attached hydrogen (secondary N) is 1. The Kier molecular flexibility index (Phi) is 4.12. The molecule has 0 bridgehead atoms. The van der Waals surface area contributed by atoms with Crippen molar-refractivity contribution in [3.63, 3.8) is 0 Å². The fourth-order valence-electron chi connectivity index (χ4n) is 1.83. The molecule has 0 amide bonds. The lowest BCUT2D eigenvalue weighted by atomic mass is 10.1. The third kappa shape index (κ3) is 3.53. The number of nitro benzene ring substituents is 1. The van der Waals surface area contributed by atoms with Crippen molar-refractivity contribution < 1.29 is 14.8 Å². The number of carboxylic acids is 1. The van der Waals surface area contributed by atoms with Gasteiger partial charge < -0.3 is 10.4 Å². The largest absolute Gasteiger partial charge is 0.480 e. The fraction of sp³-hybridized carbons (Fsp3) is 0.250. The lowest BCUT2D eigenvalue weighted by molar-refractivity contribution is -0.385. The van der Waals surface area contributed by atoms with Gasteiger partial charge in [-0.2, -0.15) is 0 Å². The standard InChI is InChI=1S/C12H13N5O4/c1-8-10(3-2-4-11(8)17(20)21)13-5-9-6-16(15-14-9)7-12(18)19/h2-4,6,13H,5,7H2,1H3,(H,18,19). The second kappa shape index (κ2) is 5.99. The molecule has 2 rings (SSSR count). The molecule has 0 atom stereocenters. The molecule has 0 saturated heterocycles. The molecule has 2 N–H and O–H groups in total. The van der Waals surface area contributed by atoms with E-state index in [0.717, 1.165) is 0 Å². The average Bonchev–Trinajstić information content (AvgIpc) is 2.84. The molecule has 0 spiro atoms. The Morgan fingerprint density at radius 3 is 2.95 bits per heavy atom. The summed E-state index contributed by atoms with van der Waals surface area (Å²) in [7, 11) is 0. The first kappa shape index (κ1) is 14.4. The van der Waals surface area contributed by atoms with Gasteiger partial charge in [0, 0.05) is 17.3 Å². The first-order chi connectivity index (χ1) is 9.97. The first-order valence-electron chi connectivity index (χ1n) is 6.06. The molecule has 0 radical (unpaired) electrons. The average molecular weight is 291 g/mol. The number of nitro groups is 1. The van der Waals surface area contributed by atoms with E-state index in [9.17, 15) is 14.9 Å². The van der Waals surface area contributed by atoms with E-state index < -0.39 is 10.9 Å². The van der Waals surface area contributed by atoms with E-state index >= 15 is 0 Å². The van der Waals surface area contributed by atoms with Crippen molar-refractivity contribution in [2.24, 2.45) is 0 Å². The molecular formula is C12H13N5O4. The van der Waals surface area contributed by atoms with Crippen LogP contribution in [0.15, 0.2) is 24.4 Å². The third-order valence-corrected chi connectivity index (χ3v) is 2.85. The molecule has 0 unspecified atom stereocenters. The summed E-state index contributed by atoms with van der Waals surface area (Å²) in [4.78, 5) is 20.9. The molecule has 0 saturated carbocycles. The van der Waals surface area contributed by atoms with Gasteiger partial charge in [0.15, 0.2) is 0 Å². The van der Waals surface area contributed by atoms with Crippen LogP contribution >= 0.6 is 0 Å². The van der Waals surface area contributed by atoms with Crippen molar-refractivity contribution in [3.05, 3.63) is 45.8 Å². The maximum absolute atomic E-state index is 10.9. The summed E-state index contributed by atoms with van der Waals surface area (Å²) in [5.74, 6) is -1.01. The number of rotatable bonds is 6. The predicted molar refractivity (Wildman–Crippen MR) is 72.8 cm³/mol. The Labute approximate surface area is 119 Å². The van der Waals surface area contributed by atoms with E-state index in [-0.39, 0.29) is 12.2 Å². The van der Waals surface area contributed by atoms with E-state index in [1.807, 2.05) is 0 Å². The maximum Gasteiger partial charge on any atom is 0.325 e. The smallest absolute Gasteiger partial charge is 0.325 e. The molecule has 110 valence electrons. The summed E-state index contributed by atoms with van der Waals surface area (Å²) in [6, 6.07) is 4.75. The van der Waals surface area contributed by atoms with Crippen molar-refractivity contribution in [1.29, 1.82) is 0 Å². The second-order valence-electron chi connectivity index (χ2n) is 4.36. The van der Waals surface area contributed by atoms with Crippen molar-refractivity contribution in [2.75, 3.05) is 5.32 Å². The molecule has 1 heterocycles. The van der Waals surface area contributed by atoms with Crippen LogP contribution in [0.4, 0.5) is 11.4 Å². The van der Waals surface area contributed by atoms with E-state index in [0.29, 0.717) is 23.5 Å². The predicted octanol–water partition coefficient (Wildman–Crippen LogP) is 1.19. The zero-order chi connectivity index (χ0) is 15.4. The molecule has 1 aromatic carbocycles. The minimum absolute atomic E-state index is 0.0366. The molecular weight excluding hydrogens is 278 g/mol. The second-order valence-corrected chi connectivity index (χ2v) is 4.36. The van der Waals surface area contributed by atoms with Gasteiger partial charge in [0.25, 0.3) is 5.69 Å².